The van der Waals surface area contributed by atoms with Gasteiger partial charge in [-0.1, -0.05) is 6.92 Å². The molecule has 0 aromatic rings. The van der Waals surface area contributed by atoms with Gasteiger partial charge >= 0.3 is 5.97 Å². The molecule has 1 heterocycles. The fourth-order valence-corrected chi connectivity index (χ4v) is 2.22. The van der Waals surface area contributed by atoms with Crippen LogP contribution < -0.4 is 5.32 Å². The highest BCUT2D eigenvalue weighted by Crippen LogP contribution is 2.20. The first-order valence-electron chi connectivity index (χ1n) is 6.15. The molecule has 4 heteroatoms. The van der Waals surface area contributed by atoms with Crippen molar-refractivity contribution in [1.29, 1.82) is 0 Å². The molecule has 2 N–H and O–H groups in total. The number of carboxylic acids is 1. The van der Waals surface area contributed by atoms with Crippen LogP contribution in [0.4, 0.5) is 0 Å². The van der Waals surface area contributed by atoms with Gasteiger partial charge in [0.1, 0.15) is 0 Å². The summed E-state index contributed by atoms with van der Waals surface area (Å²) in [5, 5.41) is 12.5. The molecule has 16 heavy (non-hydrogen) atoms. The van der Waals surface area contributed by atoms with Gasteiger partial charge in [0.15, 0.2) is 0 Å². The summed E-state index contributed by atoms with van der Waals surface area (Å²) in [6, 6.07) is 0.498. The van der Waals surface area contributed by atoms with E-state index in [2.05, 4.69) is 17.1 Å². The second kappa shape index (κ2) is 5.64. The summed E-state index contributed by atoms with van der Waals surface area (Å²) < 4.78 is 0. The molecule has 0 aromatic heterocycles. The van der Waals surface area contributed by atoms with Gasteiger partial charge in [0.05, 0.1) is 5.41 Å². The average molecular weight is 228 g/mol. The Labute approximate surface area is 98.0 Å². The van der Waals surface area contributed by atoms with Gasteiger partial charge in [0.25, 0.3) is 0 Å². The summed E-state index contributed by atoms with van der Waals surface area (Å²) in [6.07, 6.45) is 2.37. The van der Waals surface area contributed by atoms with Crippen LogP contribution in [0.3, 0.4) is 0 Å². The second-order valence-electron chi connectivity index (χ2n) is 5.25. The van der Waals surface area contributed by atoms with Gasteiger partial charge in [-0.2, -0.15) is 0 Å². The Morgan fingerprint density at radius 1 is 1.56 bits per heavy atom. The zero-order valence-corrected chi connectivity index (χ0v) is 10.6. The highest BCUT2D eigenvalue weighted by molar-refractivity contribution is 5.73. The summed E-state index contributed by atoms with van der Waals surface area (Å²) in [6.45, 7) is 9.34. The maximum Gasteiger partial charge on any atom is 0.310 e. The van der Waals surface area contributed by atoms with Crippen LogP contribution in [-0.2, 0) is 4.79 Å². The van der Waals surface area contributed by atoms with Crippen molar-refractivity contribution in [2.75, 3.05) is 26.2 Å². The molecule has 0 aromatic carbocycles. The highest BCUT2D eigenvalue weighted by Gasteiger charge is 2.32. The maximum atomic E-state index is 11.1. The topological polar surface area (TPSA) is 52.6 Å². The first-order chi connectivity index (χ1) is 7.47. The van der Waals surface area contributed by atoms with E-state index in [4.69, 9.17) is 5.11 Å². The second-order valence-corrected chi connectivity index (χ2v) is 5.25. The first-order valence-corrected chi connectivity index (χ1v) is 6.15. The Morgan fingerprint density at radius 2 is 2.25 bits per heavy atom. The average Bonchev–Trinajstić information content (AvgIpc) is 2.27. The number of piperidine rings is 1. The van der Waals surface area contributed by atoms with E-state index >= 15 is 0 Å². The number of hydrogen-bond donors (Lipinski definition) is 2. The molecule has 1 aliphatic rings. The quantitative estimate of drug-likeness (QED) is 0.741. The molecule has 1 saturated heterocycles. The molecule has 1 fully saturated rings. The number of likely N-dealkylation sites (N-methyl/N-ethyl adjacent to an activating group) is 1. The molecular weight excluding hydrogens is 204 g/mol. The molecular formula is C12H24N2O2. The standard InChI is InChI=1S/C12H24N2O2/c1-4-14(9-12(2,3)11(15)16)10-6-5-7-13-8-10/h10,13H,4-9H2,1-3H3,(H,15,16). The largest absolute Gasteiger partial charge is 0.481 e. The zero-order chi connectivity index (χ0) is 12.2. The predicted molar refractivity (Wildman–Crippen MR) is 64.6 cm³/mol. The van der Waals surface area contributed by atoms with Crippen LogP contribution in [0.15, 0.2) is 0 Å². The Morgan fingerprint density at radius 3 is 2.69 bits per heavy atom. The van der Waals surface area contributed by atoms with Crippen molar-refractivity contribution in [2.45, 2.75) is 39.7 Å². The summed E-state index contributed by atoms with van der Waals surface area (Å²) in [5.41, 5.74) is -0.659. The number of nitrogens with one attached hydrogen (secondary N) is 1. The lowest BCUT2D eigenvalue weighted by molar-refractivity contribution is -0.148. The monoisotopic (exact) mass is 228 g/mol. The van der Waals surface area contributed by atoms with Crippen molar-refractivity contribution in [2.24, 2.45) is 5.41 Å². The molecule has 0 radical (unpaired) electrons. The van der Waals surface area contributed by atoms with E-state index in [0.29, 0.717) is 12.6 Å². The van der Waals surface area contributed by atoms with Crippen molar-refractivity contribution in [3.05, 3.63) is 0 Å². The smallest absolute Gasteiger partial charge is 0.310 e. The van der Waals surface area contributed by atoms with Gasteiger partial charge < -0.3 is 10.4 Å². The van der Waals surface area contributed by atoms with Gasteiger partial charge in [-0.25, -0.2) is 0 Å². The van der Waals surface area contributed by atoms with Crippen molar-refractivity contribution in [1.82, 2.24) is 10.2 Å². The number of aliphatic carboxylic acids is 1. The third kappa shape index (κ3) is 3.46. The third-order valence-electron chi connectivity index (χ3n) is 3.37. The fraction of sp³-hybridized carbons (Fsp3) is 0.917. The number of rotatable bonds is 5. The molecule has 1 unspecified atom stereocenters. The van der Waals surface area contributed by atoms with Crippen LogP contribution >= 0.6 is 0 Å². The molecule has 1 aliphatic heterocycles. The van der Waals surface area contributed by atoms with E-state index in [0.717, 1.165) is 19.6 Å². The van der Waals surface area contributed by atoms with E-state index < -0.39 is 11.4 Å². The number of hydrogen-bond acceptors (Lipinski definition) is 3. The minimum absolute atomic E-state index is 0.498. The van der Waals surface area contributed by atoms with Gasteiger partial charge in [-0.05, 0) is 39.8 Å². The minimum Gasteiger partial charge on any atom is -0.481 e. The maximum absolute atomic E-state index is 11.1. The van der Waals surface area contributed by atoms with Gasteiger partial charge in [-0.15, -0.1) is 0 Å². The van der Waals surface area contributed by atoms with Crippen LogP contribution in [-0.4, -0.2) is 48.2 Å². The molecule has 0 amide bonds. The number of carbonyl (C=O) groups is 1. The first kappa shape index (κ1) is 13.5. The number of nitrogens with zero attached hydrogens (tertiary/aromatic N) is 1. The van der Waals surface area contributed by atoms with Gasteiger partial charge in [0.2, 0.25) is 0 Å². The van der Waals surface area contributed by atoms with Crippen molar-refractivity contribution >= 4 is 5.97 Å². The molecule has 94 valence electrons. The summed E-state index contributed by atoms with van der Waals surface area (Å²) >= 11 is 0. The SMILES string of the molecule is CCN(CC(C)(C)C(=O)O)C1CCCNC1. The summed E-state index contributed by atoms with van der Waals surface area (Å²) in [7, 11) is 0. The Hall–Kier alpha value is -0.610. The lowest BCUT2D eigenvalue weighted by Gasteiger charge is -2.37. The van der Waals surface area contributed by atoms with Crippen LogP contribution in [0.25, 0.3) is 0 Å². The highest BCUT2D eigenvalue weighted by atomic mass is 16.4. The van der Waals surface area contributed by atoms with Crippen LogP contribution in [0.2, 0.25) is 0 Å². The third-order valence-corrected chi connectivity index (χ3v) is 3.37. The van der Waals surface area contributed by atoms with Crippen molar-refractivity contribution in [3.63, 3.8) is 0 Å². The number of carboxylic acid groups (broad SMARTS) is 1. The van der Waals surface area contributed by atoms with Crippen LogP contribution in [0.1, 0.15) is 33.6 Å². The molecule has 4 nitrogen and oxygen atoms in total. The molecule has 0 saturated carbocycles. The lowest BCUT2D eigenvalue weighted by atomic mass is 9.91. The van der Waals surface area contributed by atoms with E-state index in [1.54, 1.807) is 13.8 Å². The molecule has 0 aliphatic carbocycles. The summed E-state index contributed by atoms with van der Waals surface area (Å²) in [4.78, 5) is 13.4. The molecule has 0 bridgehead atoms. The van der Waals surface area contributed by atoms with Crippen LogP contribution in [0.5, 0.6) is 0 Å². The Balaban J connectivity index is 2.56. The molecule has 1 atom stereocenters. The van der Waals surface area contributed by atoms with Crippen LogP contribution in [0, 0.1) is 5.41 Å². The summed E-state index contributed by atoms with van der Waals surface area (Å²) in [5.74, 6) is -0.713. The Bertz CT molecular complexity index is 235. The fourth-order valence-electron chi connectivity index (χ4n) is 2.22. The van der Waals surface area contributed by atoms with Crippen molar-refractivity contribution in [3.8, 4) is 0 Å². The Kier molecular flexibility index (Phi) is 4.74. The van der Waals surface area contributed by atoms with Gasteiger partial charge in [0, 0.05) is 19.1 Å². The normalized spacial score (nSPS) is 22.4. The van der Waals surface area contributed by atoms with E-state index in [9.17, 15) is 4.79 Å². The lowest BCUT2D eigenvalue weighted by Crippen LogP contribution is -2.50. The molecule has 1 rings (SSSR count). The predicted octanol–water partition coefficient (Wildman–Crippen LogP) is 1.17. The van der Waals surface area contributed by atoms with E-state index in [1.165, 1.54) is 12.8 Å². The van der Waals surface area contributed by atoms with E-state index in [-0.39, 0.29) is 0 Å². The van der Waals surface area contributed by atoms with E-state index in [1.807, 2.05) is 0 Å². The zero-order valence-electron chi connectivity index (χ0n) is 10.6. The van der Waals surface area contributed by atoms with Crippen molar-refractivity contribution < 1.29 is 9.90 Å². The van der Waals surface area contributed by atoms with Gasteiger partial charge in [-0.3, -0.25) is 9.69 Å². The minimum atomic E-state index is -0.713. The molecule has 0 spiro atoms.